The molecule has 0 aromatic heterocycles. The normalized spacial score (nSPS) is 28.8. The third kappa shape index (κ3) is 3.13. The van der Waals surface area contributed by atoms with Crippen molar-refractivity contribution >= 4 is 32.7 Å². The maximum Gasteiger partial charge on any atom is 0.244 e. The number of hydrogen-bond donors (Lipinski definition) is 0. The summed E-state index contributed by atoms with van der Waals surface area (Å²) in [7, 11) is -2.99. The van der Waals surface area contributed by atoms with Gasteiger partial charge >= 0.3 is 0 Å². The van der Waals surface area contributed by atoms with Gasteiger partial charge in [-0.3, -0.25) is 4.79 Å². The van der Waals surface area contributed by atoms with Gasteiger partial charge in [-0.2, -0.15) is 4.99 Å². The van der Waals surface area contributed by atoms with Gasteiger partial charge in [-0.25, -0.2) is 8.42 Å². The summed E-state index contributed by atoms with van der Waals surface area (Å²) in [6.07, 6.45) is 0. The summed E-state index contributed by atoms with van der Waals surface area (Å²) in [5.74, 6) is 0.0669. The molecule has 112 valence electrons. The smallest absolute Gasteiger partial charge is 0.244 e. The summed E-state index contributed by atoms with van der Waals surface area (Å²) in [6, 6.07) is 9.74. The van der Waals surface area contributed by atoms with E-state index in [4.69, 9.17) is 0 Å². The zero-order valence-electron chi connectivity index (χ0n) is 11.6. The highest BCUT2D eigenvalue weighted by Crippen LogP contribution is 2.38. The van der Waals surface area contributed by atoms with Crippen molar-refractivity contribution < 1.29 is 13.2 Å². The molecule has 0 saturated carbocycles. The van der Waals surface area contributed by atoms with E-state index < -0.39 is 9.84 Å². The fourth-order valence-electron chi connectivity index (χ4n) is 2.74. The molecule has 2 unspecified atom stereocenters. The summed E-state index contributed by atoms with van der Waals surface area (Å²) in [6.45, 7) is 2.00. The van der Waals surface area contributed by atoms with Crippen LogP contribution in [0.5, 0.6) is 0 Å². The second-order valence-corrected chi connectivity index (χ2v) is 8.69. The molecule has 2 atom stereocenters. The van der Waals surface area contributed by atoms with Crippen molar-refractivity contribution in [2.45, 2.75) is 24.8 Å². The Morgan fingerprint density at radius 3 is 2.71 bits per heavy atom. The quantitative estimate of drug-likeness (QED) is 0.820. The predicted octanol–water partition coefficient (Wildman–Crippen LogP) is 1.30. The average molecular weight is 324 g/mol. The van der Waals surface area contributed by atoms with Crippen molar-refractivity contribution in [3.8, 4) is 0 Å². The molecule has 2 aliphatic heterocycles. The minimum atomic E-state index is -2.99. The monoisotopic (exact) mass is 324 g/mol. The fraction of sp³-hybridized carbons (Fsp3) is 0.429. The maximum absolute atomic E-state index is 11.8. The van der Waals surface area contributed by atoms with Gasteiger partial charge in [0.25, 0.3) is 0 Å². The molecule has 2 heterocycles. The molecule has 2 saturated heterocycles. The Kier molecular flexibility index (Phi) is 3.79. The topological polar surface area (TPSA) is 66.8 Å². The van der Waals surface area contributed by atoms with Crippen molar-refractivity contribution in [1.82, 2.24) is 4.90 Å². The van der Waals surface area contributed by atoms with Crippen LogP contribution in [0.2, 0.25) is 0 Å². The maximum atomic E-state index is 11.8. The van der Waals surface area contributed by atoms with E-state index in [2.05, 4.69) is 4.99 Å². The van der Waals surface area contributed by atoms with Crippen molar-refractivity contribution in [2.75, 3.05) is 11.5 Å². The van der Waals surface area contributed by atoms with Crippen LogP contribution in [0.3, 0.4) is 0 Å². The number of nitrogens with zero attached hydrogens (tertiary/aromatic N) is 2. The Hall–Kier alpha value is -1.34. The number of hydrogen-bond acceptors (Lipinski definition) is 4. The number of aliphatic imine (C=N–C) groups is 1. The highest BCUT2D eigenvalue weighted by Gasteiger charge is 2.48. The van der Waals surface area contributed by atoms with Crippen LogP contribution in [0.15, 0.2) is 35.3 Å². The van der Waals surface area contributed by atoms with Gasteiger partial charge < -0.3 is 4.90 Å². The van der Waals surface area contributed by atoms with Crippen LogP contribution in [-0.4, -0.2) is 47.2 Å². The zero-order chi connectivity index (χ0) is 15.0. The molecule has 0 bridgehead atoms. The third-order valence-corrected chi connectivity index (χ3v) is 6.87. The van der Waals surface area contributed by atoms with E-state index in [9.17, 15) is 13.2 Å². The number of carbonyl (C=O) groups excluding carboxylic acids is 1. The molecule has 7 heteroatoms. The van der Waals surface area contributed by atoms with Crippen molar-refractivity contribution in [3.05, 3.63) is 35.9 Å². The zero-order valence-corrected chi connectivity index (χ0v) is 13.2. The van der Waals surface area contributed by atoms with Gasteiger partial charge in [0, 0.05) is 18.7 Å². The van der Waals surface area contributed by atoms with Crippen LogP contribution >= 0.6 is 11.8 Å². The lowest BCUT2D eigenvalue weighted by Gasteiger charge is -2.24. The van der Waals surface area contributed by atoms with Crippen LogP contribution < -0.4 is 0 Å². The average Bonchev–Trinajstić information content (AvgIpc) is 2.84. The minimum absolute atomic E-state index is 0.0168. The molecule has 2 fully saturated rings. The van der Waals surface area contributed by atoms with Crippen LogP contribution in [0, 0.1) is 0 Å². The number of thioether (sulfide) groups is 1. The SMILES string of the molecule is CC(=O)N=C1SC2CS(=O)(=O)CC2N1Cc1ccccc1. The molecule has 21 heavy (non-hydrogen) atoms. The lowest BCUT2D eigenvalue weighted by atomic mass is 10.1. The number of benzene rings is 1. The van der Waals surface area contributed by atoms with E-state index in [1.165, 1.54) is 18.7 Å². The van der Waals surface area contributed by atoms with E-state index in [1.54, 1.807) is 0 Å². The minimum Gasteiger partial charge on any atom is -0.342 e. The van der Waals surface area contributed by atoms with E-state index in [0.29, 0.717) is 11.7 Å². The highest BCUT2D eigenvalue weighted by molar-refractivity contribution is 8.15. The Morgan fingerprint density at radius 1 is 1.33 bits per heavy atom. The van der Waals surface area contributed by atoms with E-state index in [1.807, 2.05) is 35.2 Å². The van der Waals surface area contributed by atoms with Gasteiger partial charge in [0.1, 0.15) is 0 Å². The second-order valence-electron chi connectivity index (χ2n) is 5.33. The van der Waals surface area contributed by atoms with E-state index in [-0.39, 0.29) is 28.7 Å². The first kappa shape index (κ1) is 14.6. The predicted molar refractivity (Wildman–Crippen MR) is 83.9 cm³/mol. The Bertz CT molecular complexity index is 685. The Labute approximate surface area is 128 Å². The number of rotatable bonds is 2. The van der Waals surface area contributed by atoms with E-state index >= 15 is 0 Å². The van der Waals surface area contributed by atoms with Gasteiger partial charge in [0.05, 0.1) is 17.5 Å². The first-order valence-corrected chi connectivity index (χ1v) is 9.41. The number of amidine groups is 1. The number of carbonyl (C=O) groups is 1. The molecular weight excluding hydrogens is 308 g/mol. The first-order valence-electron chi connectivity index (χ1n) is 6.71. The summed E-state index contributed by atoms with van der Waals surface area (Å²) in [5, 5.41) is 0.632. The van der Waals surface area contributed by atoms with Crippen molar-refractivity contribution in [2.24, 2.45) is 4.99 Å². The summed E-state index contributed by atoms with van der Waals surface area (Å²) < 4.78 is 23.6. The lowest BCUT2D eigenvalue weighted by Crippen LogP contribution is -2.37. The standard InChI is InChI=1S/C14H16N2O3S2/c1-10(17)15-14-16(7-11-5-3-2-4-6-11)12-8-21(18,19)9-13(12)20-14/h2-6,12-13H,7-9H2,1H3. The largest absolute Gasteiger partial charge is 0.342 e. The van der Waals surface area contributed by atoms with Gasteiger partial charge in [-0.15, -0.1) is 0 Å². The Balaban J connectivity index is 1.90. The molecule has 1 aromatic rings. The van der Waals surface area contributed by atoms with Crippen LogP contribution in [-0.2, 0) is 21.2 Å². The van der Waals surface area contributed by atoms with Crippen LogP contribution in [0.4, 0.5) is 0 Å². The highest BCUT2D eigenvalue weighted by atomic mass is 32.2. The molecule has 5 nitrogen and oxygen atoms in total. The van der Waals surface area contributed by atoms with Gasteiger partial charge in [0.2, 0.25) is 5.91 Å². The summed E-state index contributed by atoms with van der Waals surface area (Å²) in [4.78, 5) is 17.3. The second kappa shape index (κ2) is 5.46. The molecule has 0 aliphatic carbocycles. The molecule has 3 rings (SSSR count). The molecule has 0 radical (unpaired) electrons. The summed E-state index contributed by atoms with van der Waals surface area (Å²) in [5.41, 5.74) is 1.08. The molecule has 1 aromatic carbocycles. The van der Waals surface area contributed by atoms with Gasteiger partial charge in [-0.05, 0) is 5.56 Å². The number of sulfone groups is 1. The van der Waals surface area contributed by atoms with Crippen LogP contribution in [0.1, 0.15) is 12.5 Å². The molecule has 1 amide bonds. The van der Waals surface area contributed by atoms with Gasteiger partial charge in [0.15, 0.2) is 15.0 Å². The van der Waals surface area contributed by atoms with Gasteiger partial charge in [-0.1, -0.05) is 42.1 Å². The molecule has 0 spiro atoms. The van der Waals surface area contributed by atoms with Crippen LogP contribution in [0.25, 0.3) is 0 Å². The van der Waals surface area contributed by atoms with Crippen molar-refractivity contribution in [3.63, 3.8) is 0 Å². The molecular formula is C14H16N2O3S2. The van der Waals surface area contributed by atoms with E-state index in [0.717, 1.165) is 5.56 Å². The number of fused-ring (bicyclic) bond motifs is 1. The fourth-order valence-corrected chi connectivity index (χ4v) is 6.73. The summed E-state index contributed by atoms with van der Waals surface area (Å²) >= 11 is 1.42. The molecule has 0 N–H and O–H groups in total. The molecule has 2 aliphatic rings. The first-order chi connectivity index (χ1) is 9.94. The lowest BCUT2D eigenvalue weighted by molar-refractivity contribution is -0.115. The number of amides is 1. The Morgan fingerprint density at radius 2 is 2.05 bits per heavy atom. The van der Waals surface area contributed by atoms with Crippen molar-refractivity contribution in [1.29, 1.82) is 0 Å². The third-order valence-electron chi connectivity index (χ3n) is 3.62.